The molecule has 0 aromatic rings. The molecule has 0 saturated carbocycles. The van der Waals surface area contributed by atoms with Crippen molar-refractivity contribution in [3.63, 3.8) is 0 Å². The molecule has 0 fully saturated rings. The Hall–Kier alpha value is -2.72. The average Bonchev–Trinajstić information content (AvgIpc) is 3.31. The van der Waals surface area contributed by atoms with Gasteiger partial charge in [0.15, 0.2) is 0 Å². The van der Waals surface area contributed by atoms with Gasteiger partial charge in [-0.2, -0.15) is 0 Å². The first-order chi connectivity index (χ1) is 17.2. The molecule has 4 atom stereocenters. The molecule has 0 aliphatic carbocycles. The van der Waals surface area contributed by atoms with Crippen molar-refractivity contribution in [3.8, 4) is 0 Å². The van der Waals surface area contributed by atoms with E-state index in [1.807, 2.05) is 0 Å². The average molecular weight is 511 g/mol. The Kier molecular flexibility index (Phi) is 12.6. The Morgan fingerprint density at radius 1 is 0.694 bits per heavy atom. The van der Waals surface area contributed by atoms with Crippen molar-refractivity contribution in [2.24, 2.45) is 0 Å². The summed E-state index contributed by atoms with van der Waals surface area (Å²) in [7, 11) is 0. The zero-order chi connectivity index (χ0) is 26.5. The van der Waals surface area contributed by atoms with Crippen LogP contribution in [0.3, 0.4) is 0 Å². The molecule has 0 spiro atoms. The van der Waals surface area contributed by atoms with Crippen LogP contribution < -0.4 is 0 Å². The zero-order valence-electron chi connectivity index (χ0n) is 21.1. The van der Waals surface area contributed by atoms with E-state index in [1.54, 1.807) is 0 Å². The van der Waals surface area contributed by atoms with Crippen LogP contribution in [-0.2, 0) is 38.1 Å². The van der Waals surface area contributed by atoms with E-state index in [0.717, 1.165) is 64.2 Å². The number of unbranched alkanes of at least 4 members (excludes halogenated alkanes) is 9. The number of aliphatic hydroxyl groups is 2. The molecule has 202 valence electrons. The number of aliphatic hydroxyl groups excluding tert-OH is 2. The van der Waals surface area contributed by atoms with Gasteiger partial charge in [-0.25, -0.2) is 9.59 Å². The highest BCUT2D eigenvalue weighted by molar-refractivity contribution is 5.86. The van der Waals surface area contributed by atoms with E-state index < -0.39 is 48.7 Å². The summed E-state index contributed by atoms with van der Waals surface area (Å²) in [4.78, 5) is 45.3. The monoisotopic (exact) mass is 510 g/mol. The fourth-order valence-electron chi connectivity index (χ4n) is 4.40. The van der Waals surface area contributed by atoms with Crippen molar-refractivity contribution in [1.29, 1.82) is 0 Å². The second-order valence-electron chi connectivity index (χ2n) is 9.18. The third-order valence-corrected chi connectivity index (χ3v) is 6.14. The predicted octanol–water partition coefficient (Wildman–Crippen LogP) is 3.13. The minimum Gasteiger partial charge on any atom is -0.458 e. The second kappa shape index (κ2) is 15.4. The van der Waals surface area contributed by atoms with Crippen LogP contribution in [0.5, 0.6) is 0 Å². The summed E-state index contributed by atoms with van der Waals surface area (Å²) in [6.07, 6.45) is 9.52. The fourth-order valence-corrected chi connectivity index (χ4v) is 4.40. The predicted molar refractivity (Wildman–Crippen MR) is 127 cm³/mol. The quantitative estimate of drug-likeness (QED) is 0.170. The molecule has 0 aromatic heterocycles. The first-order valence-electron chi connectivity index (χ1n) is 12.7. The maximum atomic E-state index is 11.4. The van der Waals surface area contributed by atoms with E-state index in [4.69, 9.17) is 9.47 Å². The van der Waals surface area contributed by atoms with Crippen LogP contribution in [-0.4, -0.2) is 58.9 Å². The van der Waals surface area contributed by atoms with Gasteiger partial charge in [0, 0.05) is 37.1 Å². The van der Waals surface area contributed by atoms with Gasteiger partial charge in [-0.3, -0.25) is 9.59 Å². The Balaban J connectivity index is 1.52. The third kappa shape index (κ3) is 10.5. The summed E-state index contributed by atoms with van der Waals surface area (Å²) in [5, 5.41) is 19.6. The van der Waals surface area contributed by atoms with Crippen molar-refractivity contribution < 1.29 is 48.3 Å². The largest absolute Gasteiger partial charge is 0.458 e. The summed E-state index contributed by atoms with van der Waals surface area (Å²) >= 11 is 0. The maximum absolute atomic E-state index is 11.4. The number of carbonyl (C=O) groups is 4. The lowest BCUT2D eigenvalue weighted by atomic mass is 10.00. The van der Waals surface area contributed by atoms with E-state index in [9.17, 15) is 29.4 Å². The van der Waals surface area contributed by atoms with E-state index in [-0.39, 0.29) is 0 Å². The molecule has 2 rings (SSSR count). The standard InChI is InChI=1S/C26H38O10/c1-17(27)33-21(19-15-23(29)35-25(19)31)13-11-9-7-5-3-4-6-8-10-12-14-22(34-18(2)28)20-16-24(30)36-26(20)32/h15-16,21-22,25-26,31-32H,3-14H2,1-2H3. The number of cyclic esters (lactones) is 2. The maximum Gasteiger partial charge on any atom is 0.333 e. The van der Waals surface area contributed by atoms with Crippen LogP contribution in [0.25, 0.3) is 0 Å². The first kappa shape index (κ1) is 29.5. The lowest BCUT2D eigenvalue weighted by molar-refractivity contribution is -0.156. The molecule has 36 heavy (non-hydrogen) atoms. The van der Waals surface area contributed by atoms with Gasteiger partial charge < -0.3 is 29.2 Å². The molecule has 2 aliphatic rings. The highest BCUT2D eigenvalue weighted by Gasteiger charge is 2.33. The molecule has 0 radical (unpaired) electrons. The topological polar surface area (TPSA) is 146 Å². The van der Waals surface area contributed by atoms with Gasteiger partial charge in [0.2, 0.25) is 12.6 Å². The normalized spacial score (nSPS) is 20.8. The molecule has 0 bridgehead atoms. The van der Waals surface area contributed by atoms with Gasteiger partial charge in [0.1, 0.15) is 12.2 Å². The van der Waals surface area contributed by atoms with Gasteiger partial charge >= 0.3 is 23.9 Å². The number of esters is 4. The minimum atomic E-state index is -1.35. The molecule has 2 heterocycles. The van der Waals surface area contributed by atoms with E-state index >= 15 is 0 Å². The van der Waals surface area contributed by atoms with Crippen LogP contribution in [0, 0.1) is 0 Å². The summed E-state index contributed by atoms with van der Waals surface area (Å²) < 4.78 is 19.9. The number of hydrogen-bond donors (Lipinski definition) is 2. The second-order valence-corrected chi connectivity index (χ2v) is 9.18. The summed E-state index contributed by atoms with van der Waals surface area (Å²) in [5.41, 5.74) is 0.597. The van der Waals surface area contributed by atoms with Gasteiger partial charge in [0.25, 0.3) is 0 Å². The Morgan fingerprint density at radius 3 is 1.25 bits per heavy atom. The molecule has 2 aliphatic heterocycles. The van der Waals surface area contributed by atoms with Crippen molar-refractivity contribution in [3.05, 3.63) is 23.3 Å². The molecule has 0 amide bonds. The zero-order valence-corrected chi connectivity index (χ0v) is 21.1. The van der Waals surface area contributed by atoms with Gasteiger partial charge in [0.05, 0.1) is 0 Å². The molecule has 0 aromatic carbocycles. The smallest absolute Gasteiger partial charge is 0.333 e. The molecule has 0 saturated heterocycles. The van der Waals surface area contributed by atoms with E-state index in [2.05, 4.69) is 9.47 Å². The Morgan fingerprint density at radius 2 is 1.00 bits per heavy atom. The first-order valence-corrected chi connectivity index (χ1v) is 12.7. The van der Waals surface area contributed by atoms with Crippen molar-refractivity contribution in [2.75, 3.05) is 0 Å². The van der Waals surface area contributed by atoms with E-state index in [0.29, 0.717) is 24.0 Å². The number of hydrogen-bond acceptors (Lipinski definition) is 10. The highest BCUT2D eigenvalue weighted by Crippen LogP contribution is 2.25. The van der Waals surface area contributed by atoms with Crippen molar-refractivity contribution >= 4 is 23.9 Å². The molecular weight excluding hydrogens is 472 g/mol. The highest BCUT2D eigenvalue weighted by atomic mass is 16.6. The van der Waals surface area contributed by atoms with Crippen LogP contribution in [0.1, 0.15) is 90.9 Å². The van der Waals surface area contributed by atoms with Crippen LogP contribution in [0.15, 0.2) is 23.3 Å². The van der Waals surface area contributed by atoms with Gasteiger partial charge in [-0.15, -0.1) is 0 Å². The summed E-state index contributed by atoms with van der Waals surface area (Å²) in [6.45, 7) is 2.59. The Bertz CT molecular complexity index is 763. The lowest BCUT2D eigenvalue weighted by Crippen LogP contribution is -2.25. The molecule has 2 N–H and O–H groups in total. The molecule has 10 nitrogen and oxygen atoms in total. The lowest BCUT2D eigenvalue weighted by Gasteiger charge is -2.19. The van der Waals surface area contributed by atoms with Gasteiger partial charge in [-0.1, -0.05) is 51.4 Å². The van der Waals surface area contributed by atoms with Crippen molar-refractivity contribution in [1.82, 2.24) is 0 Å². The Labute approximate surface area is 211 Å². The summed E-state index contributed by atoms with van der Waals surface area (Å²) in [5.74, 6) is -2.19. The van der Waals surface area contributed by atoms with Gasteiger partial charge in [-0.05, 0) is 25.7 Å². The summed E-state index contributed by atoms with van der Waals surface area (Å²) in [6, 6.07) is 0. The van der Waals surface area contributed by atoms with Crippen LogP contribution in [0.4, 0.5) is 0 Å². The third-order valence-electron chi connectivity index (χ3n) is 6.14. The minimum absolute atomic E-state index is 0.298. The van der Waals surface area contributed by atoms with Crippen LogP contribution >= 0.6 is 0 Å². The number of carbonyl (C=O) groups excluding carboxylic acids is 4. The molecular formula is C26H38O10. The molecule has 4 unspecified atom stereocenters. The van der Waals surface area contributed by atoms with Crippen LogP contribution in [0.2, 0.25) is 0 Å². The fraction of sp³-hybridized carbons (Fsp3) is 0.692. The van der Waals surface area contributed by atoms with E-state index in [1.165, 1.54) is 26.0 Å². The SMILES string of the molecule is CC(=O)OC(CCCCCCCCCCCCC(OC(C)=O)C1=CC(=O)OC1O)C1=CC(=O)OC1O. The molecule has 10 heteroatoms. The number of ether oxygens (including phenoxy) is 4. The number of rotatable bonds is 17. The van der Waals surface area contributed by atoms with Crippen molar-refractivity contribution in [2.45, 2.75) is 116 Å².